The molecule has 0 saturated carbocycles. The molecule has 2 fully saturated rings. The molecule has 1 atom stereocenters. The molecule has 17 heavy (non-hydrogen) atoms. The molecule has 2 saturated heterocycles. The first kappa shape index (κ1) is 12.8. The second-order valence-corrected chi connectivity index (χ2v) is 6.30. The van der Waals surface area contributed by atoms with Crippen molar-refractivity contribution in [1.29, 1.82) is 0 Å². The molecule has 98 valence electrons. The molecule has 2 aliphatic heterocycles. The monoisotopic (exact) mass is 240 g/mol. The van der Waals surface area contributed by atoms with E-state index in [9.17, 15) is 4.79 Å². The van der Waals surface area contributed by atoms with Crippen LogP contribution >= 0.6 is 0 Å². The van der Waals surface area contributed by atoms with Gasteiger partial charge in [0.25, 0.3) is 0 Å². The molecule has 0 aromatic carbocycles. The molecule has 4 heteroatoms. The molecule has 1 unspecified atom stereocenters. The Morgan fingerprint density at radius 2 is 2.12 bits per heavy atom. The highest BCUT2D eigenvalue weighted by atomic mass is 16.4. The third kappa shape index (κ3) is 3.42. The lowest BCUT2D eigenvalue weighted by Gasteiger charge is -2.40. The Balaban J connectivity index is 1.85. The second kappa shape index (κ2) is 4.94. The Morgan fingerprint density at radius 3 is 2.82 bits per heavy atom. The van der Waals surface area contributed by atoms with Crippen molar-refractivity contribution in [2.24, 2.45) is 5.41 Å². The van der Waals surface area contributed by atoms with E-state index in [2.05, 4.69) is 23.6 Å². The topological polar surface area (TPSA) is 43.8 Å². The largest absolute Gasteiger partial charge is 0.481 e. The smallest absolute Gasteiger partial charge is 0.303 e. The lowest BCUT2D eigenvalue weighted by atomic mass is 9.88. The van der Waals surface area contributed by atoms with E-state index in [1.54, 1.807) is 0 Å². The van der Waals surface area contributed by atoms with Crippen LogP contribution in [0.4, 0.5) is 0 Å². The zero-order chi connectivity index (χ0) is 12.5. The molecule has 0 bridgehead atoms. The zero-order valence-electron chi connectivity index (χ0n) is 11.0. The summed E-state index contributed by atoms with van der Waals surface area (Å²) in [5.74, 6) is -0.686. The van der Waals surface area contributed by atoms with Gasteiger partial charge in [0.1, 0.15) is 0 Å². The molecule has 0 aromatic heterocycles. The molecule has 0 aromatic rings. The van der Waals surface area contributed by atoms with Gasteiger partial charge in [-0.2, -0.15) is 0 Å². The van der Waals surface area contributed by atoms with E-state index < -0.39 is 5.97 Å². The second-order valence-electron chi connectivity index (χ2n) is 6.30. The zero-order valence-corrected chi connectivity index (χ0v) is 11.0. The van der Waals surface area contributed by atoms with E-state index in [1.807, 2.05) is 0 Å². The number of carboxylic acids is 1. The van der Waals surface area contributed by atoms with Crippen molar-refractivity contribution in [1.82, 2.24) is 9.80 Å². The van der Waals surface area contributed by atoms with Crippen LogP contribution in [0.2, 0.25) is 0 Å². The van der Waals surface area contributed by atoms with E-state index >= 15 is 0 Å². The Bertz CT molecular complexity index is 291. The van der Waals surface area contributed by atoms with Gasteiger partial charge in [0.05, 0.1) is 6.42 Å². The fourth-order valence-corrected chi connectivity index (χ4v) is 3.27. The molecular formula is C13H24N2O2. The van der Waals surface area contributed by atoms with Gasteiger partial charge in [-0.05, 0) is 24.8 Å². The molecule has 2 rings (SSSR count). The molecule has 4 nitrogen and oxygen atoms in total. The summed E-state index contributed by atoms with van der Waals surface area (Å²) >= 11 is 0. The number of aliphatic carboxylic acids is 1. The van der Waals surface area contributed by atoms with Gasteiger partial charge >= 0.3 is 5.97 Å². The van der Waals surface area contributed by atoms with E-state index in [-0.39, 0.29) is 11.8 Å². The number of nitrogens with zero attached hydrogens (tertiary/aromatic N) is 2. The van der Waals surface area contributed by atoms with Gasteiger partial charge in [0, 0.05) is 32.2 Å². The molecule has 0 aliphatic carbocycles. The van der Waals surface area contributed by atoms with Crippen LogP contribution in [0.25, 0.3) is 0 Å². The molecule has 0 radical (unpaired) electrons. The van der Waals surface area contributed by atoms with Crippen molar-refractivity contribution in [3.8, 4) is 0 Å². The van der Waals surface area contributed by atoms with E-state index in [0.29, 0.717) is 0 Å². The van der Waals surface area contributed by atoms with Gasteiger partial charge < -0.3 is 5.11 Å². The summed E-state index contributed by atoms with van der Waals surface area (Å²) in [6.45, 7) is 9.67. The average Bonchev–Trinajstić information content (AvgIpc) is 2.61. The Kier molecular flexibility index (Phi) is 3.73. The van der Waals surface area contributed by atoms with Crippen LogP contribution in [0.5, 0.6) is 0 Å². The quantitative estimate of drug-likeness (QED) is 0.803. The highest BCUT2D eigenvalue weighted by Gasteiger charge is 2.33. The minimum absolute atomic E-state index is 0.118. The number of hydrogen-bond acceptors (Lipinski definition) is 3. The predicted molar refractivity (Wildman–Crippen MR) is 67.1 cm³/mol. The highest BCUT2D eigenvalue weighted by Crippen LogP contribution is 2.26. The number of carboxylic acid groups (broad SMARTS) is 1. The first-order chi connectivity index (χ1) is 7.96. The third-order valence-electron chi connectivity index (χ3n) is 3.95. The summed E-state index contributed by atoms with van der Waals surface area (Å²) in [5.41, 5.74) is -0.118. The van der Waals surface area contributed by atoms with Crippen LogP contribution in [-0.2, 0) is 4.79 Å². The van der Waals surface area contributed by atoms with Crippen molar-refractivity contribution >= 4 is 5.97 Å². The van der Waals surface area contributed by atoms with Crippen molar-refractivity contribution in [2.75, 3.05) is 32.7 Å². The standard InChI is InChI=1S/C13H24N2O2/c1-13(2,8-12(16)17)10-14-6-7-15-5-3-4-11(15)9-14/h11H,3-10H2,1-2H3,(H,16,17). The van der Waals surface area contributed by atoms with Crippen molar-refractivity contribution in [3.05, 3.63) is 0 Å². The molecular weight excluding hydrogens is 216 g/mol. The molecule has 2 heterocycles. The van der Waals surface area contributed by atoms with Crippen LogP contribution in [0, 0.1) is 5.41 Å². The van der Waals surface area contributed by atoms with Crippen LogP contribution in [0.1, 0.15) is 33.1 Å². The Labute approximate surface area is 104 Å². The molecule has 0 amide bonds. The maximum absolute atomic E-state index is 10.8. The molecule has 1 N–H and O–H groups in total. The lowest BCUT2D eigenvalue weighted by Crippen LogP contribution is -2.52. The molecule has 2 aliphatic rings. The summed E-state index contributed by atoms with van der Waals surface area (Å²) < 4.78 is 0. The summed E-state index contributed by atoms with van der Waals surface area (Å²) in [7, 11) is 0. The Morgan fingerprint density at radius 1 is 1.35 bits per heavy atom. The Hall–Kier alpha value is -0.610. The summed E-state index contributed by atoms with van der Waals surface area (Å²) in [5, 5.41) is 8.90. The van der Waals surface area contributed by atoms with Crippen molar-refractivity contribution in [3.63, 3.8) is 0 Å². The minimum atomic E-state index is -0.686. The number of hydrogen-bond donors (Lipinski definition) is 1. The van der Waals surface area contributed by atoms with Gasteiger partial charge in [0.15, 0.2) is 0 Å². The number of fused-ring (bicyclic) bond motifs is 1. The first-order valence-corrected chi connectivity index (χ1v) is 6.64. The van der Waals surface area contributed by atoms with Crippen LogP contribution in [0.3, 0.4) is 0 Å². The summed E-state index contributed by atoms with van der Waals surface area (Å²) in [6.07, 6.45) is 2.91. The fourth-order valence-electron chi connectivity index (χ4n) is 3.27. The van der Waals surface area contributed by atoms with Gasteiger partial charge in [-0.15, -0.1) is 0 Å². The number of rotatable bonds is 4. The van der Waals surface area contributed by atoms with Crippen LogP contribution < -0.4 is 0 Å². The van der Waals surface area contributed by atoms with Gasteiger partial charge in [0.2, 0.25) is 0 Å². The molecule has 0 spiro atoms. The van der Waals surface area contributed by atoms with E-state index in [4.69, 9.17) is 5.11 Å². The van der Waals surface area contributed by atoms with E-state index in [1.165, 1.54) is 19.4 Å². The van der Waals surface area contributed by atoms with Gasteiger partial charge in [-0.25, -0.2) is 0 Å². The van der Waals surface area contributed by atoms with Crippen LogP contribution in [0.15, 0.2) is 0 Å². The number of piperazine rings is 1. The maximum Gasteiger partial charge on any atom is 0.303 e. The fraction of sp³-hybridized carbons (Fsp3) is 0.923. The minimum Gasteiger partial charge on any atom is -0.481 e. The van der Waals surface area contributed by atoms with E-state index in [0.717, 1.165) is 32.2 Å². The first-order valence-electron chi connectivity index (χ1n) is 6.64. The number of carbonyl (C=O) groups is 1. The normalized spacial score (nSPS) is 27.1. The average molecular weight is 240 g/mol. The van der Waals surface area contributed by atoms with Crippen molar-refractivity contribution < 1.29 is 9.90 Å². The van der Waals surface area contributed by atoms with Gasteiger partial charge in [-0.3, -0.25) is 14.6 Å². The van der Waals surface area contributed by atoms with Gasteiger partial charge in [-0.1, -0.05) is 13.8 Å². The summed E-state index contributed by atoms with van der Waals surface area (Å²) in [6, 6.07) is 0.726. The SMILES string of the molecule is CC(C)(CC(=O)O)CN1CCN2CCCC2C1. The highest BCUT2D eigenvalue weighted by molar-refractivity contribution is 5.67. The van der Waals surface area contributed by atoms with Crippen LogP contribution in [-0.4, -0.2) is 59.6 Å². The summed E-state index contributed by atoms with van der Waals surface area (Å²) in [4.78, 5) is 15.9. The third-order valence-corrected chi connectivity index (χ3v) is 3.95. The maximum atomic E-state index is 10.8. The van der Waals surface area contributed by atoms with Crippen molar-refractivity contribution in [2.45, 2.75) is 39.2 Å². The lowest BCUT2D eigenvalue weighted by molar-refractivity contribution is -0.139. The predicted octanol–water partition coefficient (Wildman–Crippen LogP) is 1.27.